The summed E-state index contributed by atoms with van der Waals surface area (Å²) in [4.78, 5) is 9.55. The van der Waals surface area contributed by atoms with Gasteiger partial charge in [0.15, 0.2) is 0 Å². The molecule has 3 aliphatic rings. The van der Waals surface area contributed by atoms with Crippen molar-refractivity contribution in [3.8, 4) is 0 Å². The van der Waals surface area contributed by atoms with Crippen LogP contribution in [0.3, 0.4) is 0 Å². The summed E-state index contributed by atoms with van der Waals surface area (Å²) in [5, 5.41) is 0. The highest BCUT2D eigenvalue weighted by Crippen LogP contribution is 2.49. The molecule has 0 N–H and O–H groups in total. The maximum absolute atomic E-state index is 13.6. The van der Waals surface area contributed by atoms with Crippen molar-refractivity contribution in [2.45, 2.75) is 50.2 Å². The molecule has 0 radical (unpaired) electrons. The lowest BCUT2D eigenvalue weighted by Gasteiger charge is -2.51. The van der Waals surface area contributed by atoms with Gasteiger partial charge in [0.1, 0.15) is 11.6 Å². The van der Waals surface area contributed by atoms with Crippen LogP contribution in [0, 0.1) is 6.92 Å². The van der Waals surface area contributed by atoms with Gasteiger partial charge in [0, 0.05) is 38.9 Å². The first-order valence-corrected chi connectivity index (χ1v) is 10.7. The van der Waals surface area contributed by atoms with Gasteiger partial charge in [-0.25, -0.2) is 9.37 Å². The predicted molar refractivity (Wildman–Crippen MR) is 116 cm³/mol. The van der Waals surface area contributed by atoms with Gasteiger partial charge in [0.25, 0.3) is 0 Å². The highest BCUT2D eigenvalue weighted by molar-refractivity contribution is 5.48. The Balaban J connectivity index is 1.40. The van der Waals surface area contributed by atoms with E-state index in [1.165, 1.54) is 5.56 Å². The van der Waals surface area contributed by atoms with E-state index < -0.39 is 0 Å². The number of halogens is 1. The van der Waals surface area contributed by atoms with Crippen molar-refractivity contribution in [1.82, 2.24) is 9.88 Å². The molecule has 1 aromatic rings. The van der Waals surface area contributed by atoms with Crippen LogP contribution in [-0.4, -0.2) is 53.8 Å². The summed E-state index contributed by atoms with van der Waals surface area (Å²) in [7, 11) is 0. The van der Waals surface area contributed by atoms with Crippen LogP contribution in [0.4, 0.5) is 10.2 Å². The number of aryl methyl sites for hydroxylation is 1. The summed E-state index contributed by atoms with van der Waals surface area (Å²) < 4.78 is 20.3. The second kappa shape index (κ2) is 8.04. The first-order chi connectivity index (χ1) is 13.9. The molecule has 2 aliphatic heterocycles. The van der Waals surface area contributed by atoms with Crippen LogP contribution in [0.1, 0.15) is 37.7 Å². The maximum Gasteiger partial charge on any atom is 0.131 e. The van der Waals surface area contributed by atoms with Gasteiger partial charge in [0.2, 0.25) is 0 Å². The molecule has 4 rings (SSSR count). The van der Waals surface area contributed by atoms with E-state index in [4.69, 9.17) is 4.74 Å². The quantitative estimate of drug-likeness (QED) is 0.657. The lowest BCUT2D eigenvalue weighted by molar-refractivity contribution is -0.145. The Hall–Kier alpha value is -1.98. The number of morpholine rings is 1. The number of hydrogen-bond acceptors (Lipinski definition) is 4. The Bertz CT molecular complexity index is 806. The summed E-state index contributed by atoms with van der Waals surface area (Å²) in [5.41, 5.74) is 1.79. The van der Waals surface area contributed by atoms with E-state index >= 15 is 0 Å². The number of piperidine rings is 1. The average molecular weight is 398 g/mol. The van der Waals surface area contributed by atoms with Crippen LogP contribution in [0.25, 0.3) is 0 Å². The number of aromatic nitrogens is 1. The summed E-state index contributed by atoms with van der Waals surface area (Å²) >= 11 is 0. The number of ether oxygens (including phenoxy) is 1. The Morgan fingerprint density at radius 1 is 1.24 bits per heavy atom. The molecule has 4 nitrogen and oxygen atoms in total. The number of allylic oxidation sites excluding steroid dienone is 3. The SMILES string of the molecule is C=C/C=C(/CCN1CCC2(CC1)CN(c1ncccc1C)CC1(CC1)O2)C(=C)F. The minimum Gasteiger partial charge on any atom is -0.365 e. The normalized spacial score (nSPS) is 23.4. The van der Waals surface area contributed by atoms with Gasteiger partial charge in [-0.05, 0) is 56.2 Å². The number of likely N-dealkylation sites (tertiary alicyclic amines) is 1. The van der Waals surface area contributed by atoms with E-state index in [-0.39, 0.29) is 17.0 Å². The van der Waals surface area contributed by atoms with E-state index in [1.54, 1.807) is 12.2 Å². The summed E-state index contributed by atoms with van der Waals surface area (Å²) in [6, 6.07) is 4.14. The van der Waals surface area contributed by atoms with E-state index in [2.05, 4.69) is 40.9 Å². The van der Waals surface area contributed by atoms with Crippen molar-refractivity contribution in [2.24, 2.45) is 0 Å². The first kappa shape index (κ1) is 20.3. The van der Waals surface area contributed by atoms with E-state index in [1.807, 2.05) is 12.3 Å². The highest BCUT2D eigenvalue weighted by Gasteiger charge is 2.56. The number of pyridine rings is 1. The number of rotatable bonds is 6. The largest absolute Gasteiger partial charge is 0.365 e. The minimum absolute atomic E-state index is 0.0240. The molecule has 1 aliphatic carbocycles. The maximum atomic E-state index is 13.6. The highest BCUT2D eigenvalue weighted by atomic mass is 19.1. The Morgan fingerprint density at radius 3 is 2.52 bits per heavy atom. The molecular formula is C24H32FN3O. The van der Waals surface area contributed by atoms with E-state index in [9.17, 15) is 4.39 Å². The third-order valence-electron chi connectivity index (χ3n) is 6.61. The lowest BCUT2D eigenvalue weighted by Crippen LogP contribution is -2.61. The molecule has 2 spiro atoms. The van der Waals surface area contributed by atoms with Crippen molar-refractivity contribution in [3.63, 3.8) is 0 Å². The smallest absolute Gasteiger partial charge is 0.131 e. The van der Waals surface area contributed by atoms with Gasteiger partial charge in [-0.1, -0.05) is 31.4 Å². The fourth-order valence-corrected chi connectivity index (χ4v) is 4.81. The molecule has 0 amide bonds. The molecule has 1 saturated carbocycles. The number of nitrogens with zero attached hydrogens (tertiary/aromatic N) is 3. The molecule has 0 unspecified atom stereocenters. The van der Waals surface area contributed by atoms with Crippen molar-refractivity contribution in [2.75, 3.05) is 37.6 Å². The van der Waals surface area contributed by atoms with Crippen LogP contribution in [0.5, 0.6) is 0 Å². The Morgan fingerprint density at radius 2 is 1.93 bits per heavy atom. The molecule has 3 fully saturated rings. The van der Waals surface area contributed by atoms with Gasteiger partial charge in [-0.3, -0.25) is 0 Å². The topological polar surface area (TPSA) is 28.6 Å². The van der Waals surface area contributed by atoms with E-state index in [0.717, 1.165) is 64.2 Å². The molecule has 0 atom stereocenters. The van der Waals surface area contributed by atoms with Crippen molar-refractivity contribution in [1.29, 1.82) is 0 Å². The third kappa shape index (κ3) is 4.46. The third-order valence-corrected chi connectivity index (χ3v) is 6.61. The molecule has 5 heteroatoms. The Labute approximate surface area is 173 Å². The van der Waals surface area contributed by atoms with Crippen LogP contribution >= 0.6 is 0 Å². The first-order valence-electron chi connectivity index (χ1n) is 10.7. The fraction of sp³-hybridized carbons (Fsp3) is 0.542. The summed E-state index contributed by atoms with van der Waals surface area (Å²) in [6.07, 6.45) is 10.2. The van der Waals surface area contributed by atoms with Gasteiger partial charge < -0.3 is 14.5 Å². The zero-order chi connectivity index (χ0) is 20.5. The molecular weight excluding hydrogens is 365 g/mol. The number of anilines is 1. The molecule has 3 heterocycles. The molecule has 156 valence electrons. The zero-order valence-corrected chi connectivity index (χ0v) is 17.5. The second-order valence-corrected chi connectivity index (χ2v) is 8.89. The zero-order valence-electron chi connectivity index (χ0n) is 17.5. The number of hydrogen-bond donors (Lipinski definition) is 0. The van der Waals surface area contributed by atoms with Gasteiger partial charge in [0.05, 0.1) is 11.2 Å². The van der Waals surface area contributed by atoms with Crippen molar-refractivity contribution in [3.05, 3.63) is 60.6 Å². The summed E-state index contributed by atoms with van der Waals surface area (Å²) in [6.45, 7) is 13.9. The standard InChI is InChI=1S/C24H32FN3O/c1-4-6-21(20(3)25)8-14-27-15-11-24(12-16-27)18-28(17-23(29-24)9-10-23)22-19(2)7-5-13-26-22/h4-7,13H,1,3,8-12,14-18H2,2H3/b21-6-. The average Bonchev–Trinajstić information content (AvgIpc) is 3.44. The second-order valence-electron chi connectivity index (χ2n) is 8.89. The van der Waals surface area contributed by atoms with Crippen molar-refractivity contribution < 1.29 is 9.13 Å². The summed E-state index contributed by atoms with van der Waals surface area (Å²) in [5.74, 6) is 0.746. The van der Waals surface area contributed by atoms with Crippen molar-refractivity contribution >= 4 is 5.82 Å². The predicted octanol–water partition coefficient (Wildman–Crippen LogP) is 4.58. The molecule has 0 bridgehead atoms. The van der Waals surface area contributed by atoms with E-state index in [0.29, 0.717) is 12.0 Å². The fourth-order valence-electron chi connectivity index (χ4n) is 4.81. The van der Waals surface area contributed by atoms with Gasteiger partial charge in [-0.2, -0.15) is 0 Å². The van der Waals surface area contributed by atoms with Gasteiger partial charge >= 0.3 is 0 Å². The molecule has 29 heavy (non-hydrogen) atoms. The molecule has 2 saturated heterocycles. The van der Waals surface area contributed by atoms with Crippen LogP contribution in [0.15, 0.2) is 55.0 Å². The van der Waals surface area contributed by atoms with Crippen LogP contribution in [-0.2, 0) is 4.74 Å². The Kier molecular flexibility index (Phi) is 5.63. The minimum atomic E-state index is -0.356. The lowest BCUT2D eigenvalue weighted by atomic mass is 9.87. The van der Waals surface area contributed by atoms with Crippen LogP contribution in [0.2, 0.25) is 0 Å². The monoisotopic (exact) mass is 397 g/mol. The van der Waals surface area contributed by atoms with Gasteiger partial charge in [-0.15, -0.1) is 0 Å². The molecule has 1 aromatic heterocycles. The van der Waals surface area contributed by atoms with Crippen LogP contribution < -0.4 is 4.90 Å². The molecule has 0 aromatic carbocycles.